The highest BCUT2D eigenvalue weighted by Gasteiger charge is 2.02. The van der Waals surface area contributed by atoms with Gasteiger partial charge in [0.05, 0.1) is 5.33 Å². The van der Waals surface area contributed by atoms with Crippen molar-refractivity contribution >= 4 is 38.7 Å². The smallest absolute Gasteiger partial charge is 0.191 e. The molecule has 0 saturated carbocycles. The molecule has 1 rings (SSSR count). The molecule has 0 aliphatic heterocycles. The summed E-state index contributed by atoms with van der Waals surface area (Å²) in [5.74, 6) is 0.0185. The Kier molecular flexibility index (Phi) is 5.33. The summed E-state index contributed by atoms with van der Waals surface area (Å²) < 4.78 is 0. The Morgan fingerprint density at radius 2 is 2.25 bits per heavy atom. The molecule has 0 aliphatic carbocycles. The van der Waals surface area contributed by atoms with Gasteiger partial charge in [0.1, 0.15) is 5.69 Å². The molecule has 0 radical (unpaired) electrons. The molecule has 0 saturated heterocycles. The first kappa shape index (κ1) is 11.8. The number of nitrogens with zero attached hydrogens (tertiary/aromatic N) is 1. The average molecular weight is 295 g/mol. The summed E-state index contributed by atoms with van der Waals surface area (Å²) in [6.07, 6.45) is 1.69. The summed E-state index contributed by atoms with van der Waals surface area (Å²) in [6.45, 7) is 1.94. The van der Waals surface area contributed by atoms with E-state index in [0.29, 0.717) is 11.0 Å². The third-order valence-corrected chi connectivity index (χ3v) is 1.83. The van der Waals surface area contributed by atoms with Gasteiger partial charge in [0.2, 0.25) is 0 Å². The second kappa shape index (κ2) is 5.43. The number of Topliss-reactive ketones (excluding diaryl/α,β-unsaturated/α-hetero) is 1. The van der Waals surface area contributed by atoms with E-state index in [0.717, 1.165) is 5.56 Å². The molecule has 0 aromatic carbocycles. The van der Waals surface area contributed by atoms with E-state index < -0.39 is 0 Å². The first-order valence-electron chi connectivity index (χ1n) is 3.26. The Labute approximate surface area is 90.3 Å². The van der Waals surface area contributed by atoms with E-state index in [2.05, 4.69) is 20.9 Å². The van der Waals surface area contributed by atoms with Crippen molar-refractivity contribution in [2.45, 2.75) is 6.92 Å². The van der Waals surface area contributed by atoms with Crippen LogP contribution < -0.4 is 0 Å². The topological polar surface area (TPSA) is 30.0 Å². The molecule has 66 valence electrons. The molecule has 1 heterocycles. The van der Waals surface area contributed by atoms with Crippen molar-refractivity contribution in [1.29, 1.82) is 0 Å². The van der Waals surface area contributed by atoms with Gasteiger partial charge < -0.3 is 0 Å². The number of ketones is 1. The lowest BCUT2D eigenvalue weighted by molar-refractivity contribution is 0.101. The van der Waals surface area contributed by atoms with Gasteiger partial charge in [-0.2, -0.15) is 0 Å². The van der Waals surface area contributed by atoms with Gasteiger partial charge in [-0.25, -0.2) is 0 Å². The maximum atomic E-state index is 11.0. The van der Waals surface area contributed by atoms with Crippen molar-refractivity contribution in [1.82, 2.24) is 4.98 Å². The third kappa shape index (κ3) is 3.03. The van der Waals surface area contributed by atoms with Crippen LogP contribution in [0.4, 0.5) is 0 Å². The quantitative estimate of drug-likeness (QED) is 0.620. The summed E-state index contributed by atoms with van der Waals surface area (Å²) in [4.78, 5) is 15.0. The number of pyridine rings is 1. The van der Waals surface area contributed by atoms with E-state index in [9.17, 15) is 4.79 Å². The molecule has 4 heteroatoms. The summed E-state index contributed by atoms with van der Waals surface area (Å²) >= 11 is 3.08. The second-order valence-electron chi connectivity index (χ2n) is 2.28. The first-order chi connectivity index (χ1) is 5.24. The largest absolute Gasteiger partial charge is 0.291 e. The van der Waals surface area contributed by atoms with Crippen LogP contribution in [0.2, 0.25) is 0 Å². The van der Waals surface area contributed by atoms with E-state index in [4.69, 9.17) is 0 Å². The van der Waals surface area contributed by atoms with Gasteiger partial charge in [0.15, 0.2) is 5.78 Å². The monoisotopic (exact) mass is 293 g/mol. The molecule has 0 fully saturated rings. The standard InChI is InChI=1S/C8H8BrNO.BrH/c1-6-2-3-7(10-5-6)8(11)4-9;/h2-3,5H,4H2,1H3;1H. The summed E-state index contributed by atoms with van der Waals surface area (Å²) in [5, 5.41) is 0.336. The lowest BCUT2D eigenvalue weighted by Gasteiger charge is -1.95. The fourth-order valence-corrected chi connectivity index (χ4v) is 0.988. The second-order valence-corrected chi connectivity index (χ2v) is 2.84. The molecule has 0 N–H and O–H groups in total. The van der Waals surface area contributed by atoms with E-state index >= 15 is 0 Å². The van der Waals surface area contributed by atoms with Gasteiger partial charge >= 0.3 is 0 Å². The van der Waals surface area contributed by atoms with Crippen molar-refractivity contribution in [2.75, 3.05) is 5.33 Å². The van der Waals surface area contributed by atoms with Crippen molar-refractivity contribution in [3.05, 3.63) is 29.6 Å². The number of aryl methyl sites for hydroxylation is 1. The minimum absolute atomic E-state index is 0. The molecule has 12 heavy (non-hydrogen) atoms. The van der Waals surface area contributed by atoms with Gasteiger partial charge in [0.25, 0.3) is 0 Å². The Morgan fingerprint density at radius 1 is 1.58 bits per heavy atom. The summed E-state index contributed by atoms with van der Waals surface area (Å²) in [5.41, 5.74) is 1.59. The molecule has 0 amide bonds. The average Bonchev–Trinajstić information content (AvgIpc) is 2.05. The first-order valence-corrected chi connectivity index (χ1v) is 4.38. The zero-order chi connectivity index (χ0) is 8.27. The lowest BCUT2D eigenvalue weighted by Crippen LogP contribution is -2.02. The van der Waals surface area contributed by atoms with Gasteiger partial charge in [-0.15, -0.1) is 17.0 Å². The highest BCUT2D eigenvalue weighted by Crippen LogP contribution is 2.00. The van der Waals surface area contributed by atoms with Crippen LogP contribution in [0.1, 0.15) is 16.1 Å². The highest BCUT2D eigenvalue weighted by molar-refractivity contribution is 9.09. The van der Waals surface area contributed by atoms with E-state index in [1.54, 1.807) is 12.3 Å². The number of aromatic nitrogens is 1. The molecule has 0 aliphatic rings. The van der Waals surface area contributed by atoms with Crippen LogP contribution in [-0.4, -0.2) is 16.1 Å². The van der Waals surface area contributed by atoms with Gasteiger partial charge in [-0.1, -0.05) is 22.0 Å². The Balaban J connectivity index is 0.00000121. The highest BCUT2D eigenvalue weighted by atomic mass is 79.9. The number of hydrogen-bond acceptors (Lipinski definition) is 2. The molecule has 2 nitrogen and oxygen atoms in total. The van der Waals surface area contributed by atoms with Crippen LogP contribution in [0.5, 0.6) is 0 Å². The number of carbonyl (C=O) groups is 1. The van der Waals surface area contributed by atoms with Crippen molar-refractivity contribution in [3.8, 4) is 0 Å². The van der Waals surface area contributed by atoms with E-state index in [1.807, 2.05) is 13.0 Å². The Hall–Kier alpha value is -0.220. The SMILES string of the molecule is Br.Cc1ccc(C(=O)CBr)nc1. The van der Waals surface area contributed by atoms with Crippen LogP contribution >= 0.6 is 32.9 Å². The predicted octanol–water partition coefficient (Wildman–Crippen LogP) is 2.55. The fraction of sp³-hybridized carbons (Fsp3) is 0.250. The van der Waals surface area contributed by atoms with Crippen molar-refractivity contribution in [2.24, 2.45) is 0 Å². The molecule has 0 atom stereocenters. The molecule has 0 unspecified atom stereocenters. The van der Waals surface area contributed by atoms with Gasteiger partial charge in [-0.05, 0) is 18.6 Å². The maximum absolute atomic E-state index is 11.0. The number of halogens is 2. The lowest BCUT2D eigenvalue weighted by atomic mass is 10.2. The van der Waals surface area contributed by atoms with Crippen LogP contribution in [0, 0.1) is 6.92 Å². The van der Waals surface area contributed by atoms with Crippen LogP contribution in [0.25, 0.3) is 0 Å². The maximum Gasteiger partial charge on any atom is 0.191 e. The van der Waals surface area contributed by atoms with Crippen LogP contribution in [0.15, 0.2) is 18.3 Å². The number of alkyl halides is 1. The number of hydrogen-bond donors (Lipinski definition) is 0. The Morgan fingerprint density at radius 3 is 2.67 bits per heavy atom. The Bertz CT molecular complexity index is 258. The summed E-state index contributed by atoms with van der Waals surface area (Å²) in [6, 6.07) is 3.61. The molecule has 0 spiro atoms. The van der Waals surface area contributed by atoms with E-state index in [-0.39, 0.29) is 22.8 Å². The van der Waals surface area contributed by atoms with Gasteiger partial charge in [-0.3, -0.25) is 9.78 Å². The van der Waals surface area contributed by atoms with Crippen molar-refractivity contribution < 1.29 is 4.79 Å². The number of rotatable bonds is 2. The van der Waals surface area contributed by atoms with Crippen molar-refractivity contribution in [3.63, 3.8) is 0 Å². The summed E-state index contributed by atoms with van der Waals surface area (Å²) in [7, 11) is 0. The zero-order valence-electron chi connectivity index (χ0n) is 6.58. The predicted molar refractivity (Wildman–Crippen MR) is 57.4 cm³/mol. The molecule has 1 aromatic heterocycles. The number of carbonyl (C=O) groups excluding carboxylic acids is 1. The minimum atomic E-state index is 0. The van der Waals surface area contributed by atoms with Crippen LogP contribution in [-0.2, 0) is 0 Å². The normalized spacial score (nSPS) is 8.83. The minimum Gasteiger partial charge on any atom is -0.291 e. The molecular formula is C8H9Br2NO. The fourth-order valence-electron chi connectivity index (χ4n) is 0.701. The molecule has 0 bridgehead atoms. The van der Waals surface area contributed by atoms with Gasteiger partial charge in [0, 0.05) is 6.20 Å². The van der Waals surface area contributed by atoms with E-state index in [1.165, 1.54) is 0 Å². The third-order valence-electron chi connectivity index (χ3n) is 1.32. The molecular weight excluding hydrogens is 286 g/mol. The van der Waals surface area contributed by atoms with Crippen LogP contribution in [0.3, 0.4) is 0 Å². The zero-order valence-corrected chi connectivity index (χ0v) is 9.88. The molecule has 1 aromatic rings.